The molecule has 1 aromatic heterocycles. The van der Waals surface area contributed by atoms with Crippen LogP contribution in [-0.4, -0.2) is 5.11 Å². The van der Waals surface area contributed by atoms with Crippen molar-refractivity contribution >= 4 is 11.3 Å². The zero-order valence-electron chi connectivity index (χ0n) is 14.8. The maximum Gasteiger partial charge on any atom is 0.119 e. The lowest BCUT2D eigenvalue weighted by Crippen LogP contribution is -2.23. The Labute approximate surface area is 150 Å². The van der Waals surface area contributed by atoms with E-state index in [2.05, 4.69) is 30.5 Å². The summed E-state index contributed by atoms with van der Waals surface area (Å²) in [5.41, 5.74) is 2.60. The zero-order chi connectivity index (χ0) is 16.8. The van der Waals surface area contributed by atoms with Gasteiger partial charge in [-0.25, -0.2) is 0 Å². The number of rotatable bonds is 8. The molecular formula is C22H30OS. The fourth-order valence-electron chi connectivity index (χ4n) is 4.36. The van der Waals surface area contributed by atoms with E-state index in [-0.39, 0.29) is 0 Å². The second-order valence-corrected chi connectivity index (χ2v) is 8.32. The van der Waals surface area contributed by atoms with E-state index >= 15 is 0 Å². The Morgan fingerprint density at radius 2 is 2.08 bits per heavy atom. The van der Waals surface area contributed by atoms with E-state index in [9.17, 15) is 5.11 Å². The van der Waals surface area contributed by atoms with Crippen molar-refractivity contribution in [2.45, 2.75) is 64.7 Å². The van der Waals surface area contributed by atoms with Gasteiger partial charge in [-0.1, -0.05) is 50.8 Å². The quantitative estimate of drug-likeness (QED) is 0.551. The van der Waals surface area contributed by atoms with Crippen LogP contribution in [-0.2, 0) is 19.3 Å². The molecule has 1 aromatic carbocycles. The van der Waals surface area contributed by atoms with Gasteiger partial charge in [-0.2, -0.15) is 0 Å². The lowest BCUT2D eigenvalue weighted by atomic mass is 9.73. The highest BCUT2D eigenvalue weighted by atomic mass is 32.1. The number of aryl methyl sites for hydroxylation is 1. The minimum Gasteiger partial charge on any atom is -0.508 e. The summed E-state index contributed by atoms with van der Waals surface area (Å²) in [5.74, 6) is 2.17. The van der Waals surface area contributed by atoms with Gasteiger partial charge in [0, 0.05) is 4.88 Å². The molecule has 3 rings (SSSR count). The molecular weight excluding hydrogens is 312 g/mol. The van der Waals surface area contributed by atoms with Crippen LogP contribution < -0.4 is 0 Å². The largest absolute Gasteiger partial charge is 0.508 e. The van der Waals surface area contributed by atoms with Crippen molar-refractivity contribution in [3.8, 4) is 5.75 Å². The van der Waals surface area contributed by atoms with Crippen LogP contribution in [0.25, 0.3) is 0 Å². The lowest BCUT2D eigenvalue weighted by molar-refractivity contribution is 0.256. The topological polar surface area (TPSA) is 20.2 Å². The van der Waals surface area contributed by atoms with Gasteiger partial charge in [0.15, 0.2) is 0 Å². The normalized spacial score (nSPS) is 18.3. The molecule has 2 heteroatoms. The highest BCUT2D eigenvalue weighted by Crippen LogP contribution is 2.37. The fourth-order valence-corrected chi connectivity index (χ4v) is 5.12. The fraction of sp³-hybridized carbons (Fsp3) is 0.545. The molecule has 0 aliphatic heterocycles. The number of hydrogen-bond acceptors (Lipinski definition) is 2. The average molecular weight is 343 g/mol. The van der Waals surface area contributed by atoms with Gasteiger partial charge in [-0.05, 0) is 72.6 Å². The van der Waals surface area contributed by atoms with Gasteiger partial charge < -0.3 is 5.11 Å². The number of fused-ring (bicyclic) bond motifs is 1. The van der Waals surface area contributed by atoms with Crippen molar-refractivity contribution in [3.05, 3.63) is 51.7 Å². The van der Waals surface area contributed by atoms with Gasteiger partial charge in [0.1, 0.15) is 5.75 Å². The monoisotopic (exact) mass is 342 g/mol. The summed E-state index contributed by atoms with van der Waals surface area (Å²) in [6.07, 6.45) is 11.4. The molecule has 0 saturated carbocycles. The molecule has 0 radical (unpaired) electrons. The molecule has 0 spiro atoms. The van der Waals surface area contributed by atoms with Crippen LogP contribution in [0.4, 0.5) is 0 Å². The number of phenolic OH excluding ortho intramolecular Hbond substituents is 1. The van der Waals surface area contributed by atoms with Crippen LogP contribution in [0.3, 0.4) is 0 Å². The van der Waals surface area contributed by atoms with Crippen LogP contribution >= 0.6 is 11.3 Å². The van der Waals surface area contributed by atoms with Gasteiger partial charge in [-0.15, -0.1) is 11.3 Å². The molecule has 1 nitrogen and oxygen atoms in total. The summed E-state index contributed by atoms with van der Waals surface area (Å²) in [6, 6.07) is 10.5. The Bertz CT molecular complexity index is 617. The Balaban J connectivity index is 1.53. The molecule has 2 atom stereocenters. The molecule has 1 heterocycles. The molecule has 2 aromatic rings. The first-order valence-corrected chi connectivity index (χ1v) is 10.5. The van der Waals surface area contributed by atoms with Gasteiger partial charge >= 0.3 is 0 Å². The number of phenols is 1. The molecule has 1 aliphatic rings. The van der Waals surface area contributed by atoms with Gasteiger partial charge in [0.2, 0.25) is 0 Å². The van der Waals surface area contributed by atoms with E-state index in [1.54, 1.807) is 0 Å². The minimum atomic E-state index is 0.508. The Hall–Kier alpha value is -1.28. The molecule has 130 valence electrons. The van der Waals surface area contributed by atoms with Crippen molar-refractivity contribution < 1.29 is 5.11 Å². The molecule has 1 unspecified atom stereocenters. The predicted molar refractivity (Wildman–Crippen MR) is 104 cm³/mol. The van der Waals surface area contributed by atoms with E-state index in [4.69, 9.17) is 0 Å². The number of thiophene rings is 1. The maximum absolute atomic E-state index is 10.0. The summed E-state index contributed by atoms with van der Waals surface area (Å²) < 4.78 is 0. The third-order valence-electron chi connectivity index (χ3n) is 5.65. The number of benzene rings is 1. The third-order valence-corrected chi connectivity index (χ3v) is 6.59. The highest BCUT2D eigenvalue weighted by molar-refractivity contribution is 7.09. The molecule has 0 bridgehead atoms. The van der Waals surface area contributed by atoms with Crippen LogP contribution in [0.15, 0.2) is 35.7 Å². The first kappa shape index (κ1) is 17.5. The zero-order valence-corrected chi connectivity index (χ0v) is 15.7. The van der Waals surface area contributed by atoms with E-state index in [0.717, 1.165) is 18.3 Å². The molecule has 0 saturated heterocycles. The Morgan fingerprint density at radius 1 is 1.17 bits per heavy atom. The molecule has 1 N–H and O–H groups in total. The van der Waals surface area contributed by atoms with Crippen molar-refractivity contribution in [3.63, 3.8) is 0 Å². The first-order chi connectivity index (χ1) is 11.8. The van der Waals surface area contributed by atoms with Gasteiger partial charge in [-0.3, -0.25) is 0 Å². The lowest BCUT2D eigenvalue weighted by Gasteiger charge is -2.32. The molecule has 1 aliphatic carbocycles. The van der Waals surface area contributed by atoms with Crippen LogP contribution in [0.2, 0.25) is 0 Å². The average Bonchev–Trinajstić information content (AvgIpc) is 3.11. The molecule has 0 fully saturated rings. The van der Waals surface area contributed by atoms with Crippen molar-refractivity contribution in [2.24, 2.45) is 11.8 Å². The first-order valence-electron chi connectivity index (χ1n) is 9.60. The van der Waals surface area contributed by atoms with Crippen molar-refractivity contribution in [2.75, 3.05) is 0 Å². The number of unbranched alkanes of at least 4 members (excludes halogenated alkanes) is 1. The summed E-state index contributed by atoms with van der Waals surface area (Å²) in [6.45, 7) is 2.32. The summed E-state index contributed by atoms with van der Waals surface area (Å²) in [5, 5.41) is 12.2. The summed E-state index contributed by atoms with van der Waals surface area (Å²) >= 11 is 1.89. The predicted octanol–water partition coefficient (Wildman–Crippen LogP) is 6.39. The van der Waals surface area contributed by atoms with Crippen molar-refractivity contribution in [1.29, 1.82) is 0 Å². The molecule has 24 heavy (non-hydrogen) atoms. The second kappa shape index (κ2) is 8.71. The van der Waals surface area contributed by atoms with Crippen LogP contribution in [0.5, 0.6) is 5.75 Å². The van der Waals surface area contributed by atoms with Gasteiger partial charge in [0.25, 0.3) is 0 Å². The Morgan fingerprint density at radius 3 is 2.88 bits per heavy atom. The highest BCUT2D eigenvalue weighted by Gasteiger charge is 2.26. The second-order valence-electron chi connectivity index (χ2n) is 7.29. The smallest absolute Gasteiger partial charge is 0.119 e. The maximum atomic E-state index is 10.0. The number of aromatic hydroxyl groups is 1. The SMILES string of the molecule is CCCC(CCCCc1cccs1)[C@H]1CCc2c(O)cccc2C1. The van der Waals surface area contributed by atoms with E-state index in [1.807, 2.05) is 23.5 Å². The molecule has 0 amide bonds. The summed E-state index contributed by atoms with van der Waals surface area (Å²) in [7, 11) is 0. The van der Waals surface area contributed by atoms with E-state index in [0.29, 0.717) is 5.75 Å². The standard InChI is InChI=1S/C22H30OS/c1-2-7-17(8-3-4-10-20-11-6-15-24-20)18-13-14-21-19(16-18)9-5-12-22(21)23/h5-6,9,11-12,15,17-18,23H,2-4,7-8,10,13-14,16H2,1H3/t17?,18-/m0/s1. The van der Waals surface area contributed by atoms with Gasteiger partial charge in [0.05, 0.1) is 0 Å². The number of hydrogen-bond donors (Lipinski definition) is 1. The Kier molecular flexibility index (Phi) is 6.37. The van der Waals surface area contributed by atoms with Crippen molar-refractivity contribution in [1.82, 2.24) is 0 Å². The van der Waals surface area contributed by atoms with Crippen LogP contribution in [0, 0.1) is 11.8 Å². The van der Waals surface area contributed by atoms with E-state index in [1.165, 1.54) is 67.4 Å². The third kappa shape index (κ3) is 4.42. The van der Waals surface area contributed by atoms with Crippen LogP contribution in [0.1, 0.15) is 61.5 Å². The minimum absolute atomic E-state index is 0.508. The van der Waals surface area contributed by atoms with E-state index < -0.39 is 0 Å². The summed E-state index contributed by atoms with van der Waals surface area (Å²) in [4.78, 5) is 1.53.